The van der Waals surface area contributed by atoms with Crippen molar-refractivity contribution in [1.82, 2.24) is 0 Å². The minimum Gasteiger partial charge on any atom is -1.00 e. The van der Waals surface area contributed by atoms with Crippen molar-refractivity contribution in [3.8, 4) is 5.75 Å². The molecule has 0 atom stereocenters. The molecule has 1 heterocycles. The maximum absolute atomic E-state index is 9.68. The van der Waals surface area contributed by atoms with E-state index in [0.29, 0.717) is 5.75 Å². The van der Waals surface area contributed by atoms with Gasteiger partial charge in [-0.1, -0.05) is 30.3 Å². The van der Waals surface area contributed by atoms with Gasteiger partial charge >= 0.3 is 0 Å². The summed E-state index contributed by atoms with van der Waals surface area (Å²) >= 11 is 0. The van der Waals surface area contributed by atoms with Crippen LogP contribution in [0.3, 0.4) is 0 Å². The Morgan fingerprint density at radius 3 is 2.41 bits per heavy atom. The summed E-state index contributed by atoms with van der Waals surface area (Å²) in [7, 11) is 0. The molecule has 0 saturated heterocycles. The van der Waals surface area contributed by atoms with Crippen molar-refractivity contribution in [3.63, 3.8) is 0 Å². The molecule has 17 heavy (non-hydrogen) atoms. The van der Waals surface area contributed by atoms with Crippen molar-refractivity contribution in [2.45, 2.75) is 19.8 Å². The van der Waals surface area contributed by atoms with Crippen LogP contribution in [0.15, 0.2) is 42.5 Å². The number of aryl methyl sites for hydroxylation is 3. The van der Waals surface area contributed by atoms with Crippen LogP contribution < -0.4 is 17.4 Å². The van der Waals surface area contributed by atoms with Gasteiger partial charge in [0, 0.05) is 19.4 Å². The van der Waals surface area contributed by atoms with Crippen LogP contribution in [-0.4, -0.2) is 5.11 Å². The zero-order valence-electron chi connectivity index (χ0n) is 9.78. The summed E-state index contributed by atoms with van der Waals surface area (Å²) in [6.07, 6.45) is 1.77. The van der Waals surface area contributed by atoms with Gasteiger partial charge in [-0.3, -0.25) is 0 Å². The van der Waals surface area contributed by atoms with E-state index >= 15 is 0 Å². The fourth-order valence-electron chi connectivity index (χ4n) is 1.75. The number of aromatic amines is 1. The van der Waals surface area contributed by atoms with Crippen LogP contribution in [0.2, 0.25) is 0 Å². The number of aromatic hydroxyl groups is 1. The molecule has 0 fully saturated rings. The van der Waals surface area contributed by atoms with Crippen molar-refractivity contribution in [1.29, 1.82) is 0 Å². The van der Waals surface area contributed by atoms with Crippen LogP contribution in [-0.2, 0) is 12.8 Å². The quantitative estimate of drug-likeness (QED) is 0.768. The number of pyridine rings is 1. The molecule has 2 N–H and O–H groups in total. The van der Waals surface area contributed by atoms with E-state index in [0.717, 1.165) is 24.2 Å². The lowest BCUT2D eigenvalue weighted by molar-refractivity contribution is -0.400. The molecule has 90 valence electrons. The molecule has 0 unspecified atom stereocenters. The first-order chi connectivity index (χ1) is 7.75. The predicted octanol–water partition coefficient (Wildman–Crippen LogP) is -0.696. The second kappa shape index (κ2) is 6.26. The maximum atomic E-state index is 9.68. The Morgan fingerprint density at radius 2 is 1.71 bits per heavy atom. The Kier molecular flexibility index (Phi) is 4.98. The molecule has 0 aliphatic rings. The van der Waals surface area contributed by atoms with Gasteiger partial charge in [-0.2, -0.15) is 0 Å². The second-order valence-electron chi connectivity index (χ2n) is 3.99. The van der Waals surface area contributed by atoms with E-state index in [4.69, 9.17) is 0 Å². The summed E-state index contributed by atoms with van der Waals surface area (Å²) in [4.78, 5) is 3.20. The van der Waals surface area contributed by atoms with Gasteiger partial charge in [-0.05, 0) is 18.1 Å². The summed E-state index contributed by atoms with van der Waals surface area (Å²) < 4.78 is 0. The van der Waals surface area contributed by atoms with E-state index in [1.165, 1.54) is 5.56 Å². The molecule has 1 aromatic carbocycles. The highest BCUT2D eigenvalue weighted by Gasteiger charge is 2.09. The smallest absolute Gasteiger partial charge is 0.222 e. The number of nitrogens with one attached hydrogen (secondary N) is 1. The monoisotopic (exact) mass is 249 g/mol. The Balaban J connectivity index is 0.00000144. The number of benzene rings is 1. The third-order valence-corrected chi connectivity index (χ3v) is 2.65. The van der Waals surface area contributed by atoms with Crippen LogP contribution in [0.4, 0.5) is 0 Å². The Hall–Kier alpha value is -1.54. The van der Waals surface area contributed by atoms with Crippen LogP contribution in [0.1, 0.15) is 17.0 Å². The molecule has 0 spiro atoms. The first kappa shape index (κ1) is 13.5. The van der Waals surface area contributed by atoms with Gasteiger partial charge in [0.05, 0.1) is 0 Å². The molecule has 3 heteroatoms. The van der Waals surface area contributed by atoms with Crippen molar-refractivity contribution in [3.05, 3.63) is 59.4 Å². The van der Waals surface area contributed by atoms with E-state index in [2.05, 4.69) is 17.1 Å². The van der Waals surface area contributed by atoms with Gasteiger partial charge in [-0.25, -0.2) is 4.98 Å². The highest BCUT2D eigenvalue weighted by Crippen LogP contribution is 2.13. The number of aromatic nitrogens is 1. The van der Waals surface area contributed by atoms with Gasteiger partial charge in [0.15, 0.2) is 11.4 Å². The molecule has 2 rings (SSSR count). The molecule has 0 amide bonds. The molecular formula is C14H16ClNO. The van der Waals surface area contributed by atoms with E-state index < -0.39 is 0 Å². The predicted molar refractivity (Wildman–Crippen MR) is 63.2 cm³/mol. The number of H-pyrrole nitrogens is 1. The third kappa shape index (κ3) is 3.75. The molecule has 0 saturated carbocycles. The zero-order chi connectivity index (χ0) is 11.4. The van der Waals surface area contributed by atoms with E-state index in [-0.39, 0.29) is 12.4 Å². The van der Waals surface area contributed by atoms with E-state index in [1.807, 2.05) is 31.2 Å². The van der Waals surface area contributed by atoms with Crippen LogP contribution in [0, 0.1) is 6.92 Å². The molecule has 2 nitrogen and oxygen atoms in total. The van der Waals surface area contributed by atoms with Crippen LogP contribution in [0.25, 0.3) is 0 Å². The van der Waals surface area contributed by atoms with E-state index in [9.17, 15) is 5.11 Å². The largest absolute Gasteiger partial charge is 1.00 e. The van der Waals surface area contributed by atoms with Gasteiger partial charge in [-0.15, -0.1) is 0 Å². The van der Waals surface area contributed by atoms with Gasteiger partial charge in [0.25, 0.3) is 0 Å². The molecule has 0 bridgehead atoms. The summed E-state index contributed by atoms with van der Waals surface area (Å²) in [6, 6.07) is 13.9. The second-order valence-corrected chi connectivity index (χ2v) is 3.99. The minimum absolute atomic E-state index is 0. The van der Waals surface area contributed by atoms with Crippen molar-refractivity contribution in [2.75, 3.05) is 0 Å². The van der Waals surface area contributed by atoms with Crippen molar-refractivity contribution in [2.24, 2.45) is 0 Å². The average Bonchev–Trinajstić information content (AvgIpc) is 2.32. The minimum atomic E-state index is 0. The Bertz CT molecular complexity index is 471. The van der Waals surface area contributed by atoms with Gasteiger partial charge in [0.1, 0.15) is 0 Å². The van der Waals surface area contributed by atoms with Crippen molar-refractivity contribution >= 4 is 0 Å². The fourth-order valence-corrected chi connectivity index (χ4v) is 1.75. The molecule has 0 aliphatic carbocycles. The molecule has 0 aliphatic heterocycles. The number of hydrogen-bond acceptors (Lipinski definition) is 1. The third-order valence-electron chi connectivity index (χ3n) is 2.65. The number of halogens is 1. The van der Waals surface area contributed by atoms with Gasteiger partial charge in [0.2, 0.25) is 5.69 Å². The summed E-state index contributed by atoms with van der Waals surface area (Å²) in [5.41, 5.74) is 3.27. The zero-order valence-corrected chi connectivity index (χ0v) is 10.5. The SMILES string of the molecule is Cc1ccc(O)c(CCc2ccccc2)[nH+]1.[Cl-]. The lowest BCUT2D eigenvalue weighted by atomic mass is 10.1. The van der Waals surface area contributed by atoms with Crippen molar-refractivity contribution < 1.29 is 22.5 Å². The summed E-state index contributed by atoms with van der Waals surface area (Å²) in [6.45, 7) is 1.99. The van der Waals surface area contributed by atoms with Gasteiger partial charge < -0.3 is 17.5 Å². The normalized spacial score (nSPS) is 9.71. The maximum Gasteiger partial charge on any atom is 0.222 e. The summed E-state index contributed by atoms with van der Waals surface area (Å²) in [5.74, 6) is 0.349. The highest BCUT2D eigenvalue weighted by atomic mass is 35.5. The van der Waals surface area contributed by atoms with Crippen LogP contribution in [0.5, 0.6) is 5.75 Å². The molecule has 2 aromatic rings. The first-order valence-electron chi connectivity index (χ1n) is 5.50. The molecular weight excluding hydrogens is 234 g/mol. The Morgan fingerprint density at radius 1 is 1.00 bits per heavy atom. The first-order valence-corrected chi connectivity index (χ1v) is 5.50. The Labute approximate surface area is 108 Å². The number of rotatable bonds is 3. The molecule has 0 radical (unpaired) electrons. The summed E-state index contributed by atoms with van der Waals surface area (Å²) in [5, 5.41) is 9.68. The molecule has 1 aromatic heterocycles. The average molecular weight is 250 g/mol. The number of hydrogen-bond donors (Lipinski definition) is 1. The van der Waals surface area contributed by atoms with E-state index in [1.54, 1.807) is 6.07 Å². The topological polar surface area (TPSA) is 34.4 Å². The highest BCUT2D eigenvalue weighted by molar-refractivity contribution is 5.24. The lowest BCUT2D eigenvalue weighted by Crippen LogP contribution is -3.00. The van der Waals surface area contributed by atoms with Crippen LogP contribution >= 0.6 is 0 Å². The fraction of sp³-hybridized carbons (Fsp3) is 0.214. The lowest BCUT2D eigenvalue weighted by Gasteiger charge is -2.00. The standard InChI is InChI=1S/C14H15NO.ClH/c1-11-7-10-14(16)13(15-11)9-8-12-5-3-2-4-6-12;/h2-7,10,16H,8-9H2,1H3;1H.